The first kappa shape index (κ1) is 13.3. The smallest absolute Gasteiger partial charge is 0.0707 e. The lowest BCUT2D eigenvalue weighted by Gasteiger charge is -2.43. The Balaban J connectivity index is 1.80. The van der Waals surface area contributed by atoms with E-state index in [1.807, 2.05) is 0 Å². The van der Waals surface area contributed by atoms with Gasteiger partial charge in [-0.05, 0) is 33.7 Å². The number of nitrogens with two attached hydrogens (primary N) is 1. The van der Waals surface area contributed by atoms with Crippen LogP contribution >= 0.6 is 0 Å². The van der Waals surface area contributed by atoms with E-state index in [1.54, 1.807) is 0 Å². The first-order valence-electron chi connectivity index (χ1n) is 6.90. The molecule has 2 rings (SSSR count). The molecule has 0 spiro atoms. The maximum atomic E-state index is 5.93. The minimum absolute atomic E-state index is 0.308. The Morgan fingerprint density at radius 3 is 2.24 bits per heavy atom. The Hall–Kier alpha value is -0.160. The third-order valence-electron chi connectivity index (χ3n) is 4.36. The number of hydrogen-bond donors (Lipinski definition) is 1. The third-order valence-corrected chi connectivity index (χ3v) is 4.36. The van der Waals surface area contributed by atoms with E-state index in [0.29, 0.717) is 30.8 Å². The molecule has 17 heavy (non-hydrogen) atoms. The normalized spacial score (nSPS) is 40.9. The van der Waals surface area contributed by atoms with Gasteiger partial charge in [-0.25, -0.2) is 0 Å². The van der Waals surface area contributed by atoms with Crippen molar-refractivity contribution in [3.8, 4) is 0 Å². The first-order chi connectivity index (χ1) is 8.10. The molecule has 0 aromatic rings. The summed E-state index contributed by atoms with van der Waals surface area (Å²) in [6.07, 6.45) is 3.03. The summed E-state index contributed by atoms with van der Waals surface area (Å²) in [6, 6.07) is 1.29. The van der Waals surface area contributed by atoms with Crippen LogP contribution in [0.1, 0.15) is 26.7 Å². The average Bonchev–Trinajstić information content (AvgIpc) is 2.73. The molecule has 0 aromatic carbocycles. The molecule has 4 unspecified atom stereocenters. The highest BCUT2D eigenvalue weighted by molar-refractivity contribution is 4.85. The Morgan fingerprint density at radius 2 is 1.71 bits per heavy atom. The lowest BCUT2D eigenvalue weighted by Crippen LogP contribution is -2.56. The zero-order chi connectivity index (χ0) is 12.4. The van der Waals surface area contributed by atoms with E-state index >= 15 is 0 Å². The van der Waals surface area contributed by atoms with Gasteiger partial charge in [-0.15, -0.1) is 0 Å². The minimum atomic E-state index is 0.308. The number of nitrogens with zero attached hydrogens (tertiary/aromatic N) is 2. The van der Waals surface area contributed by atoms with Crippen molar-refractivity contribution in [2.24, 2.45) is 5.73 Å². The van der Waals surface area contributed by atoms with Gasteiger partial charge < -0.3 is 10.5 Å². The highest BCUT2D eigenvalue weighted by Gasteiger charge is 2.30. The summed E-state index contributed by atoms with van der Waals surface area (Å²) in [7, 11) is 2.23. The second-order valence-electron chi connectivity index (χ2n) is 5.78. The monoisotopic (exact) mass is 241 g/mol. The fraction of sp³-hybridized carbons (Fsp3) is 1.00. The van der Waals surface area contributed by atoms with Gasteiger partial charge in [0.05, 0.1) is 12.2 Å². The molecule has 0 saturated carbocycles. The fourth-order valence-corrected chi connectivity index (χ4v) is 3.04. The third kappa shape index (κ3) is 3.19. The summed E-state index contributed by atoms with van der Waals surface area (Å²) in [5, 5.41) is 0. The molecule has 4 heteroatoms. The lowest BCUT2D eigenvalue weighted by atomic mass is 10.1. The summed E-state index contributed by atoms with van der Waals surface area (Å²) in [4.78, 5) is 5.02. The van der Waals surface area contributed by atoms with Gasteiger partial charge in [0.1, 0.15) is 0 Å². The number of likely N-dealkylation sites (N-methyl/N-ethyl adjacent to an activating group) is 1. The predicted octanol–water partition coefficient (Wildman–Crippen LogP) is 0.517. The van der Waals surface area contributed by atoms with Gasteiger partial charge in [0.25, 0.3) is 0 Å². The SMILES string of the molecule is CC1CN(CC2CCC(CN)O2)CC(C)N1C. The quantitative estimate of drug-likeness (QED) is 0.782. The maximum Gasteiger partial charge on any atom is 0.0707 e. The summed E-state index contributed by atoms with van der Waals surface area (Å²) < 4.78 is 5.93. The second-order valence-corrected chi connectivity index (χ2v) is 5.78. The van der Waals surface area contributed by atoms with Gasteiger partial charge in [0.2, 0.25) is 0 Å². The van der Waals surface area contributed by atoms with Crippen molar-refractivity contribution in [2.45, 2.75) is 51.0 Å². The van der Waals surface area contributed by atoms with Gasteiger partial charge >= 0.3 is 0 Å². The van der Waals surface area contributed by atoms with Crippen LogP contribution in [0.2, 0.25) is 0 Å². The van der Waals surface area contributed by atoms with E-state index in [1.165, 1.54) is 6.42 Å². The van der Waals surface area contributed by atoms with Crippen LogP contribution in [0.15, 0.2) is 0 Å². The molecule has 4 nitrogen and oxygen atoms in total. The summed E-state index contributed by atoms with van der Waals surface area (Å²) in [5.41, 5.74) is 5.65. The zero-order valence-electron chi connectivity index (χ0n) is 11.4. The molecule has 4 atom stereocenters. The van der Waals surface area contributed by atoms with Gasteiger partial charge in [-0.3, -0.25) is 9.80 Å². The van der Waals surface area contributed by atoms with Crippen molar-refractivity contribution in [3.05, 3.63) is 0 Å². The number of hydrogen-bond acceptors (Lipinski definition) is 4. The molecule has 0 aromatic heterocycles. The molecule has 2 aliphatic heterocycles. The van der Waals surface area contributed by atoms with E-state index in [0.717, 1.165) is 26.1 Å². The van der Waals surface area contributed by atoms with E-state index < -0.39 is 0 Å². The molecular weight excluding hydrogens is 214 g/mol. The highest BCUT2D eigenvalue weighted by Crippen LogP contribution is 2.21. The van der Waals surface area contributed by atoms with Crippen molar-refractivity contribution < 1.29 is 4.74 Å². The van der Waals surface area contributed by atoms with Crippen LogP contribution < -0.4 is 5.73 Å². The van der Waals surface area contributed by atoms with Crippen molar-refractivity contribution in [3.63, 3.8) is 0 Å². The van der Waals surface area contributed by atoms with Crippen LogP contribution in [0.5, 0.6) is 0 Å². The van der Waals surface area contributed by atoms with Crippen LogP contribution in [0, 0.1) is 0 Å². The van der Waals surface area contributed by atoms with Gasteiger partial charge in [-0.1, -0.05) is 0 Å². The molecule has 100 valence electrons. The number of piperazine rings is 1. The van der Waals surface area contributed by atoms with Crippen molar-refractivity contribution >= 4 is 0 Å². The van der Waals surface area contributed by atoms with Crippen LogP contribution in [0.3, 0.4) is 0 Å². The Morgan fingerprint density at radius 1 is 1.12 bits per heavy atom. The largest absolute Gasteiger partial charge is 0.372 e. The van der Waals surface area contributed by atoms with Crippen molar-refractivity contribution in [1.82, 2.24) is 9.80 Å². The molecule has 0 aliphatic carbocycles. The number of rotatable bonds is 3. The molecular formula is C13H27N3O. The lowest BCUT2D eigenvalue weighted by molar-refractivity contribution is -0.00282. The summed E-state index contributed by atoms with van der Waals surface area (Å²) >= 11 is 0. The topological polar surface area (TPSA) is 41.7 Å². The van der Waals surface area contributed by atoms with Crippen molar-refractivity contribution in [2.75, 3.05) is 33.2 Å². The fourth-order valence-electron chi connectivity index (χ4n) is 3.04. The highest BCUT2D eigenvalue weighted by atomic mass is 16.5. The van der Waals surface area contributed by atoms with Gasteiger partial charge in [-0.2, -0.15) is 0 Å². The summed E-state index contributed by atoms with van der Waals surface area (Å²) in [6.45, 7) is 8.69. The van der Waals surface area contributed by atoms with Crippen LogP contribution in [0.25, 0.3) is 0 Å². The van der Waals surface area contributed by atoms with E-state index in [-0.39, 0.29) is 0 Å². The minimum Gasteiger partial charge on any atom is -0.372 e. The molecule has 0 bridgehead atoms. The molecule has 2 fully saturated rings. The summed E-state index contributed by atoms with van der Waals surface area (Å²) in [5.74, 6) is 0. The van der Waals surface area contributed by atoms with Crippen LogP contribution in [-0.2, 0) is 4.74 Å². The molecule has 2 N–H and O–H groups in total. The Labute approximate surface area is 105 Å². The Kier molecular flexibility index (Phi) is 4.42. The molecule has 0 amide bonds. The van der Waals surface area contributed by atoms with Gasteiger partial charge in [0, 0.05) is 38.3 Å². The number of ether oxygens (including phenoxy) is 1. The van der Waals surface area contributed by atoms with E-state index in [9.17, 15) is 0 Å². The standard InChI is InChI=1S/C13H27N3O/c1-10-7-16(8-11(2)15(10)3)9-13-5-4-12(6-14)17-13/h10-13H,4-9,14H2,1-3H3. The molecule has 0 radical (unpaired) electrons. The van der Waals surface area contributed by atoms with E-state index in [4.69, 9.17) is 10.5 Å². The maximum absolute atomic E-state index is 5.93. The molecule has 2 aliphatic rings. The van der Waals surface area contributed by atoms with Crippen LogP contribution in [0.4, 0.5) is 0 Å². The Bertz CT molecular complexity index is 237. The molecule has 2 heterocycles. The van der Waals surface area contributed by atoms with Gasteiger partial charge in [0.15, 0.2) is 0 Å². The second kappa shape index (κ2) is 5.65. The first-order valence-corrected chi connectivity index (χ1v) is 6.90. The average molecular weight is 241 g/mol. The van der Waals surface area contributed by atoms with Crippen molar-refractivity contribution in [1.29, 1.82) is 0 Å². The van der Waals surface area contributed by atoms with Crippen LogP contribution in [-0.4, -0.2) is 67.3 Å². The molecule has 2 saturated heterocycles. The zero-order valence-corrected chi connectivity index (χ0v) is 11.4. The predicted molar refractivity (Wildman–Crippen MR) is 70.1 cm³/mol. The van der Waals surface area contributed by atoms with E-state index in [2.05, 4.69) is 30.7 Å².